The zero-order chi connectivity index (χ0) is 21.1. The van der Waals surface area contributed by atoms with Crippen LogP contribution in [0.15, 0.2) is 0 Å². The second-order valence-electron chi connectivity index (χ2n) is 11.0. The van der Waals surface area contributed by atoms with Crippen molar-refractivity contribution in [2.75, 3.05) is 0 Å². The molecule has 5 nitrogen and oxygen atoms in total. The van der Waals surface area contributed by atoms with Crippen molar-refractivity contribution in [1.82, 2.24) is 0 Å². The molecule has 4 fully saturated rings. The maximum absolute atomic E-state index is 13.6. The van der Waals surface area contributed by atoms with E-state index in [4.69, 9.17) is 0 Å². The molecule has 4 saturated carbocycles. The maximum atomic E-state index is 13.6. The van der Waals surface area contributed by atoms with Gasteiger partial charge in [-0.1, -0.05) is 20.8 Å². The van der Waals surface area contributed by atoms with E-state index < -0.39 is 11.4 Å². The number of Topliss-reactive ketones (excluding diaryl/α,β-unsaturated/α-hetero) is 2. The zero-order valence-electron chi connectivity index (χ0n) is 19.0. The van der Waals surface area contributed by atoms with Gasteiger partial charge in [0.05, 0.1) is 6.10 Å². The summed E-state index contributed by atoms with van der Waals surface area (Å²) in [4.78, 5) is 37.9. The Morgan fingerprint density at radius 3 is 2.53 bits per heavy atom. The average molecular weight is 427 g/mol. The smallest absolute Gasteiger partial charge is 0.550 e. The van der Waals surface area contributed by atoms with Crippen molar-refractivity contribution in [3.05, 3.63) is 0 Å². The van der Waals surface area contributed by atoms with Crippen LogP contribution in [0, 0.1) is 46.3 Å². The molecular weight excluding hydrogens is 391 g/mol. The van der Waals surface area contributed by atoms with Crippen molar-refractivity contribution in [2.24, 2.45) is 46.3 Å². The summed E-state index contributed by atoms with van der Waals surface area (Å²) in [5.74, 6) is 0.162. The summed E-state index contributed by atoms with van der Waals surface area (Å²) in [6.45, 7) is 6.39. The van der Waals surface area contributed by atoms with Crippen LogP contribution >= 0.6 is 0 Å². The van der Waals surface area contributed by atoms with Crippen molar-refractivity contribution in [3.63, 3.8) is 0 Å². The molecule has 0 spiro atoms. The minimum atomic E-state index is -1.03. The fraction of sp³-hybridized carbons (Fsp3) is 0.875. The monoisotopic (exact) mass is 426 g/mol. The quantitative estimate of drug-likeness (QED) is 0.614. The van der Waals surface area contributed by atoms with Gasteiger partial charge >= 0.3 is 29.6 Å². The molecule has 6 heteroatoms. The molecular formula is C24H35NaO5. The van der Waals surface area contributed by atoms with Gasteiger partial charge in [0, 0.05) is 30.1 Å². The summed E-state index contributed by atoms with van der Waals surface area (Å²) < 4.78 is 0. The van der Waals surface area contributed by atoms with Crippen molar-refractivity contribution in [1.29, 1.82) is 0 Å². The number of hydrogen-bond donors (Lipinski definition) is 1. The van der Waals surface area contributed by atoms with Gasteiger partial charge in [-0.2, -0.15) is 0 Å². The Labute approximate surface area is 202 Å². The van der Waals surface area contributed by atoms with Gasteiger partial charge in [-0.3, -0.25) is 9.59 Å². The Morgan fingerprint density at radius 1 is 1.17 bits per heavy atom. The van der Waals surface area contributed by atoms with Gasteiger partial charge in [-0.15, -0.1) is 0 Å². The number of rotatable bonds is 4. The average Bonchev–Trinajstić information content (AvgIpc) is 3.01. The number of fused-ring (bicyclic) bond motifs is 5. The molecule has 0 bridgehead atoms. The summed E-state index contributed by atoms with van der Waals surface area (Å²) in [5.41, 5.74) is -0.549. The molecule has 4 aliphatic carbocycles. The molecule has 0 heterocycles. The van der Waals surface area contributed by atoms with Crippen molar-refractivity contribution >= 4 is 17.5 Å². The second kappa shape index (κ2) is 8.61. The summed E-state index contributed by atoms with van der Waals surface area (Å²) in [6.07, 6.45) is 5.39. The standard InChI is InChI=1S/C24H36O5.Na/c1-13(4-7-21(28)29)16-5-6-17-22-18(12-20(27)24(16,17)3)23(2)9-8-15(25)10-14(23)11-19(22)26;/h13-18,22,25H,4-12H2,1-3H3,(H,28,29);/q;+1/p-1/t13-,14?,15?,16-,17+,18?,22+,23+,24-;/m1./s1. The Morgan fingerprint density at radius 2 is 1.87 bits per heavy atom. The first kappa shape index (κ1) is 24.4. The number of carbonyl (C=O) groups excluding carboxylic acids is 3. The van der Waals surface area contributed by atoms with Gasteiger partial charge in [0.2, 0.25) is 0 Å². The van der Waals surface area contributed by atoms with E-state index in [1.54, 1.807) is 0 Å². The number of ketones is 2. The molecule has 0 radical (unpaired) electrons. The molecule has 0 amide bonds. The molecule has 162 valence electrons. The predicted octanol–water partition coefficient (Wildman–Crippen LogP) is -0.466. The largest absolute Gasteiger partial charge is 1.00 e. The first-order valence-corrected chi connectivity index (χ1v) is 11.5. The fourth-order valence-corrected chi connectivity index (χ4v) is 8.12. The van der Waals surface area contributed by atoms with Crippen molar-refractivity contribution in [3.8, 4) is 0 Å². The first-order valence-electron chi connectivity index (χ1n) is 11.5. The summed E-state index contributed by atoms with van der Waals surface area (Å²) >= 11 is 0. The van der Waals surface area contributed by atoms with Gasteiger partial charge in [0.1, 0.15) is 11.6 Å². The van der Waals surface area contributed by atoms with Crippen LogP contribution in [0.2, 0.25) is 0 Å². The van der Waals surface area contributed by atoms with Gasteiger partial charge < -0.3 is 15.0 Å². The van der Waals surface area contributed by atoms with E-state index in [1.165, 1.54) is 0 Å². The number of carboxylic acids is 1. The van der Waals surface area contributed by atoms with Crippen LogP contribution in [0.1, 0.15) is 78.6 Å². The topological polar surface area (TPSA) is 94.5 Å². The molecule has 3 unspecified atom stereocenters. The van der Waals surface area contributed by atoms with Crippen LogP contribution in [0.3, 0.4) is 0 Å². The van der Waals surface area contributed by atoms with Gasteiger partial charge in [0.15, 0.2) is 0 Å². The molecule has 30 heavy (non-hydrogen) atoms. The van der Waals surface area contributed by atoms with E-state index in [2.05, 4.69) is 20.8 Å². The molecule has 4 rings (SSSR count). The SMILES string of the molecule is C[C@H](CCC(=O)[O-])[C@H]1CC[C@H]2[C@@H]3C(=O)CC4CC(O)CC[C@]4(C)C3CC(=O)[C@]12C.[Na+]. The molecule has 0 aromatic heterocycles. The summed E-state index contributed by atoms with van der Waals surface area (Å²) in [6, 6.07) is 0. The molecule has 1 N–H and O–H groups in total. The Bertz CT molecular complexity index is 722. The second-order valence-corrected chi connectivity index (χ2v) is 11.0. The Hall–Kier alpha value is -0.230. The van der Waals surface area contributed by atoms with E-state index in [0.717, 1.165) is 25.7 Å². The third-order valence-corrected chi connectivity index (χ3v) is 9.86. The van der Waals surface area contributed by atoms with E-state index >= 15 is 0 Å². The van der Waals surface area contributed by atoms with Gasteiger partial charge in [0.25, 0.3) is 0 Å². The maximum Gasteiger partial charge on any atom is 1.00 e. The zero-order valence-corrected chi connectivity index (χ0v) is 21.0. The van der Waals surface area contributed by atoms with E-state index in [0.29, 0.717) is 31.5 Å². The van der Waals surface area contributed by atoms with E-state index in [9.17, 15) is 24.6 Å². The van der Waals surface area contributed by atoms with E-state index in [1.807, 2.05) is 0 Å². The van der Waals surface area contributed by atoms with Crippen LogP contribution in [0.25, 0.3) is 0 Å². The van der Waals surface area contributed by atoms with E-state index in [-0.39, 0.29) is 88.8 Å². The predicted molar refractivity (Wildman–Crippen MR) is 105 cm³/mol. The van der Waals surface area contributed by atoms with Crippen molar-refractivity contribution in [2.45, 2.75) is 84.7 Å². The number of aliphatic hydroxyl groups is 1. The van der Waals surface area contributed by atoms with Crippen LogP contribution in [0.4, 0.5) is 0 Å². The number of aliphatic hydroxyl groups excluding tert-OH is 1. The van der Waals surface area contributed by atoms with Crippen molar-refractivity contribution < 1.29 is 54.2 Å². The molecule has 0 aromatic carbocycles. The third-order valence-electron chi connectivity index (χ3n) is 9.86. The van der Waals surface area contributed by atoms with Crippen LogP contribution in [-0.2, 0) is 14.4 Å². The Kier molecular flexibility index (Phi) is 7.00. The number of carboxylic acid groups (broad SMARTS) is 1. The molecule has 0 aliphatic heterocycles. The molecule has 0 saturated heterocycles. The molecule has 9 atom stereocenters. The van der Waals surface area contributed by atoms with Crippen LogP contribution in [0.5, 0.6) is 0 Å². The molecule has 4 aliphatic rings. The van der Waals surface area contributed by atoms with Gasteiger partial charge in [-0.25, -0.2) is 0 Å². The fourth-order valence-electron chi connectivity index (χ4n) is 8.12. The minimum absolute atomic E-state index is 0. The third kappa shape index (κ3) is 3.66. The normalized spacial score (nSPS) is 46.3. The summed E-state index contributed by atoms with van der Waals surface area (Å²) in [5, 5.41) is 21.1. The van der Waals surface area contributed by atoms with Crippen LogP contribution < -0.4 is 34.7 Å². The first-order chi connectivity index (χ1) is 13.6. The Balaban J connectivity index is 0.00000256. The summed E-state index contributed by atoms with van der Waals surface area (Å²) in [7, 11) is 0. The van der Waals surface area contributed by atoms with Crippen LogP contribution in [-0.4, -0.2) is 28.7 Å². The number of carbonyl (C=O) groups is 3. The molecule has 0 aromatic rings. The number of aliphatic carboxylic acids is 1. The number of hydrogen-bond acceptors (Lipinski definition) is 5. The van der Waals surface area contributed by atoms with Gasteiger partial charge in [-0.05, 0) is 80.0 Å². The minimum Gasteiger partial charge on any atom is -0.550 e.